The average molecular weight is 425 g/mol. The number of halogens is 2. The Morgan fingerprint density at radius 3 is 1.82 bits per heavy atom. The van der Waals surface area contributed by atoms with E-state index in [9.17, 15) is 0 Å². The summed E-state index contributed by atoms with van der Waals surface area (Å²) in [4.78, 5) is 2.33. The van der Waals surface area contributed by atoms with Crippen LogP contribution in [0.1, 0.15) is 37.5 Å². The van der Waals surface area contributed by atoms with Crippen molar-refractivity contribution in [3.05, 3.63) is 68.1 Å². The smallest absolute Gasteiger partial charge is 0.0235 e. The molecule has 0 aliphatic rings. The van der Waals surface area contributed by atoms with E-state index in [0.29, 0.717) is 0 Å². The molecule has 0 radical (unpaired) electrons. The lowest BCUT2D eigenvalue weighted by atomic mass is 9.87. The first-order valence-electron chi connectivity index (χ1n) is 7.47. The third-order valence-corrected chi connectivity index (χ3v) is 4.56. The maximum absolute atomic E-state index is 3.55. The van der Waals surface area contributed by atoms with Gasteiger partial charge in [0.25, 0.3) is 0 Å². The van der Waals surface area contributed by atoms with E-state index in [0.717, 1.165) is 22.0 Å². The van der Waals surface area contributed by atoms with E-state index in [4.69, 9.17) is 0 Å². The maximum atomic E-state index is 3.55. The molecule has 0 saturated carbocycles. The summed E-state index contributed by atoms with van der Waals surface area (Å²) >= 11 is 7.10. The average Bonchev–Trinajstić information content (AvgIpc) is 2.36. The second-order valence-electron chi connectivity index (χ2n) is 6.90. The lowest BCUT2D eigenvalue weighted by Crippen LogP contribution is -2.17. The quantitative estimate of drug-likeness (QED) is 0.569. The predicted octanol–water partition coefficient (Wildman–Crippen LogP) is 6.14. The minimum Gasteiger partial charge on any atom is -0.298 e. The van der Waals surface area contributed by atoms with Gasteiger partial charge in [-0.1, -0.05) is 76.9 Å². The van der Waals surface area contributed by atoms with Gasteiger partial charge in [0.05, 0.1) is 0 Å². The molecule has 0 amide bonds. The zero-order chi connectivity index (χ0) is 16.3. The first kappa shape index (κ1) is 17.7. The van der Waals surface area contributed by atoms with Crippen molar-refractivity contribution in [1.29, 1.82) is 0 Å². The van der Waals surface area contributed by atoms with E-state index in [-0.39, 0.29) is 5.41 Å². The van der Waals surface area contributed by atoms with Crippen molar-refractivity contribution in [1.82, 2.24) is 4.90 Å². The molecule has 22 heavy (non-hydrogen) atoms. The summed E-state index contributed by atoms with van der Waals surface area (Å²) in [6.07, 6.45) is 0. The first-order chi connectivity index (χ1) is 10.2. The van der Waals surface area contributed by atoms with Crippen molar-refractivity contribution in [2.45, 2.75) is 39.3 Å². The van der Waals surface area contributed by atoms with Gasteiger partial charge in [0.1, 0.15) is 0 Å². The van der Waals surface area contributed by atoms with Gasteiger partial charge < -0.3 is 0 Å². The summed E-state index contributed by atoms with van der Waals surface area (Å²) in [5.41, 5.74) is 4.25. The Morgan fingerprint density at radius 2 is 1.32 bits per heavy atom. The molecule has 0 N–H and O–H groups in total. The van der Waals surface area contributed by atoms with Gasteiger partial charge in [0, 0.05) is 22.0 Å². The topological polar surface area (TPSA) is 3.24 Å². The molecule has 0 aliphatic heterocycles. The van der Waals surface area contributed by atoms with E-state index in [1.807, 2.05) is 0 Å². The Hall–Kier alpha value is -0.640. The second kappa shape index (κ2) is 7.29. The van der Waals surface area contributed by atoms with Crippen LogP contribution in [0, 0.1) is 0 Å². The van der Waals surface area contributed by atoms with Crippen LogP contribution in [0.15, 0.2) is 51.4 Å². The first-order valence-corrected chi connectivity index (χ1v) is 9.05. The lowest BCUT2D eigenvalue weighted by molar-refractivity contribution is 0.319. The summed E-state index contributed by atoms with van der Waals surface area (Å²) in [5.74, 6) is 0. The van der Waals surface area contributed by atoms with Crippen LogP contribution in [-0.2, 0) is 18.5 Å². The van der Waals surface area contributed by atoms with Crippen LogP contribution in [0.2, 0.25) is 0 Å². The Balaban J connectivity index is 2.01. The van der Waals surface area contributed by atoms with Crippen molar-refractivity contribution >= 4 is 31.9 Å². The lowest BCUT2D eigenvalue weighted by Gasteiger charge is -2.21. The summed E-state index contributed by atoms with van der Waals surface area (Å²) in [6.45, 7) is 8.63. The van der Waals surface area contributed by atoms with Gasteiger partial charge in [-0.15, -0.1) is 0 Å². The molecule has 0 unspecified atom stereocenters. The van der Waals surface area contributed by atoms with Crippen LogP contribution in [0.5, 0.6) is 0 Å². The minimum absolute atomic E-state index is 0.215. The van der Waals surface area contributed by atoms with Gasteiger partial charge in [-0.3, -0.25) is 4.90 Å². The van der Waals surface area contributed by atoms with Gasteiger partial charge in [-0.25, -0.2) is 0 Å². The fraction of sp³-hybridized carbons (Fsp3) is 0.368. The van der Waals surface area contributed by atoms with E-state index < -0.39 is 0 Å². The Bertz CT molecular complexity index is 607. The van der Waals surface area contributed by atoms with E-state index in [2.05, 4.69) is 107 Å². The van der Waals surface area contributed by atoms with Crippen LogP contribution in [0.25, 0.3) is 0 Å². The van der Waals surface area contributed by atoms with E-state index >= 15 is 0 Å². The third-order valence-electron chi connectivity index (χ3n) is 3.65. The molecule has 0 bridgehead atoms. The molecule has 2 aromatic carbocycles. The van der Waals surface area contributed by atoms with Crippen molar-refractivity contribution in [3.8, 4) is 0 Å². The monoisotopic (exact) mass is 423 g/mol. The standard InChI is InChI=1S/C19H23Br2N/c1-19(2,3)16-7-5-14(6-8-16)12-22(4)13-15-9-17(20)11-18(21)10-15/h5-11H,12-13H2,1-4H3. The Morgan fingerprint density at radius 1 is 0.818 bits per heavy atom. The number of hydrogen-bond donors (Lipinski definition) is 0. The summed E-state index contributed by atoms with van der Waals surface area (Å²) in [5, 5.41) is 0. The van der Waals surface area contributed by atoms with Gasteiger partial charge >= 0.3 is 0 Å². The van der Waals surface area contributed by atoms with Crippen LogP contribution < -0.4 is 0 Å². The molecule has 118 valence electrons. The highest BCUT2D eigenvalue weighted by molar-refractivity contribution is 9.11. The maximum Gasteiger partial charge on any atom is 0.0235 e. The van der Waals surface area contributed by atoms with Crippen LogP contribution >= 0.6 is 31.9 Å². The molecule has 0 fully saturated rings. The van der Waals surface area contributed by atoms with E-state index in [1.165, 1.54) is 16.7 Å². The molecule has 0 heterocycles. The molecule has 0 aromatic heterocycles. The number of rotatable bonds is 4. The Kier molecular flexibility index (Phi) is 5.87. The summed E-state index contributed by atoms with van der Waals surface area (Å²) in [7, 11) is 2.16. The molecular weight excluding hydrogens is 402 g/mol. The molecule has 0 saturated heterocycles. The highest BCUT2D eigenvalue weighted by Crippen LogP contribution is 2.23. The normalized spacial score (nSPS) is 12.0. The Labute approximate surface area is 151 Å². The molecule has 3 heteroatoms. The molecular formula is C19H23Br2N. The minimum atomic E-state index is 0.215. The van der Waals surface area contributed by atoms with E-state index in [1.54, 1.807) is 0 Å². The van der Waals surface area contributed by atoms with Crippen molar-refractivity contribution in [2.75, 3.05) is 7.05 Å². The molecule has 0 spiro atoms. The third kappa shape index (κ3) is 5.22. The van der Waals surface area contributed by atoms with Gasteiger partial charge in [-0.05, 0) is 47.4 Å². The van der Waals surface area contributed by atoms with Crippen molar-refractivity contribution in [2.24, 2.45) is 0 Å². The van der Waals surface area contributed by atoms with Gasteiger partial charge in [0.2, 0.25) is 0 Å². The number of benzene rings is 2. The zero-order valence-corrected chi connectivity index (χ0v) is 16.8. The second-order valence-corrected chi connectivity index (χ2v) is 8.73. The summed E-state index contributed by atoms with van der Waals surface area (Å²) < 4.78 is 2.22. The molecule has 1 nitrogen and oxygen atoms in total. The number of hydrogen-bond acceptors (Lipinski definition) is 1. The van der Waals surface area contributed by atoms with Crippen molar-refractivity contribution in [3.63, 3.8) is 0 Å². The highest BCUT2D eigenvalue weighted by Gasteiger charge is 2.13. The summed E-state index contributed by atoms with van der Waals surface area (Å²) in [6, 6.07) is 15.4. The largest absolute Gasteiger partial charge is 0.298 e. The predicted molar refractivity (Wildman–Crippen MR) is 102 cm³/mol. The van der Waals surface area contributed by atoms with Gasteiger partial charge in [-0.2, -0.15) is 0 Å². The fourth-order valence-electron chi connectivity index (χ4n) is 2.49. The molecule has 2 rings (SSSR count). The SMILES string of the molecule is CN(Cc1ccc(C(C)(C)C)cc1)Cc1cc(Br)cc(Br)c1. The molecule has 0 aliphatic carbocycles. The highest BCUT2D eigenvalue weighted by atomic mass is 79.9. The van der Waals surface area contributed by atoms with Crippen LogP contribution in [0.4, 0.5) is 0 Å². The zero-order valence-electron chi connectivity index (χ0n) is 13.7. The fourth-order valence-corrected chi connectivity index (χ4v) is 3.88. The van der Waals surface area contributed by atoms with Crippen LogP contribution in [-0.4, -0.2) is 11.9 Å². The molecule has 2 aromatic rings. The number of nitrogens with zero attached hydrogens (tertiary/aromatic N) is 1. The van der Waals surface area contributed by atoms with Crippen molar-refractivity contribution < 1.29 is 0 Å². The van der Waals surface area contributed by atoms with Gasteiger partial charge in [0.15, 0.2) is 0 Å². The van der Waals surface area contributed by atoms with Crippen LogP contribution in [0.3, 0.4) is 0 Å². The molecule has 0 atom stereocenters.